The van der Waals surface area contributed by atoms with Gasteiger partial charge in [0.15, 0.2) is 0 Å². The molecule has 1 fully saturated rings. The van der Waals surface area contributed by atoms with Crippen molar-refractivity contribution < 1.29 is 9.90 Å². The predicted molar refractivity (Wildman–Crippen MR) is 87.9 cm³/mol. The van der Waals surface area contributed by atoms with E-state index in [0.29, 0.717) is 6.54 Å². The second-order valence-electron chi connectivity index (χ2n) is 5.85. The number of rotatable bonds is 7. The average Bonchev–Trinajstić information content (AvgIpc) is 2.86. The smallest absolute Gasteiger partial charge is 0.324 e. The molecule has 2 atom stereocenters. The molecule has 1 aliphatic carbocycles. The van der Waals surface area contributed by atoms with E-state index in [0.717, 1.165) is 31.4 Å². The Bertz CT molecular complexity index is 474. The molecule has 1 saturated carbocycles. The van der Waals surface area contributed by atoms with E-state index in [1.807, 2.05) is 18.7 Å². The van der Waals surface area contributed by atoms with Gasteiger partial charge in [-0.05, 0) is 56.5 Å². The van der Waals surface area contributed by atoms with Crippen LogP contribution in [0.2, 0.25) is 0 Å². The number of carboxylic acid groups (broad SMARTS) is 1. The Morgan fingerprint density at radius 2 is 2.14 bits per heavy atom. The van der Waals surface area contributed by atoms with Gasteiger partial charge in [-0.3, -0.25) is 4.79 Å². The lowest BCUT2D eigenvalue weighted by molar-refractivity contribution is -0.146. The summed E-state index contributed by atoms with van der Waals surface area (Å²) in [6, 6.07) is 8.53. The molecule has 4 heteroatoms. The van der Waals surface area contributed by atoms with Crippen molar-refractivity contribution in [1.82, 2.24) is 5.32 Å². The van der Waals surface area contributed by atoms with E-state index in [9.17, 15) is 9.90 Å². The Labute approximate surface area is 131 Å². The minimum atomic E-state index is -0.692. The second kappa shape index (κ2) is 7.32. The fourth-order valence-electron chi connectivity index (χ4n) is 3.33. The van der Waals surface area contributed by atoms with E-state index in [1.54, 1.807) is 0 Å². The first-order valence-electron chi connectivity index (χ1n) is 7.76. The first kappa shape index (κ1) is 16.4. The number of hydrogen-bond donors (Lipinski definition) is 2. The van der Waals surface area contributed by atoms with Crippen molar-refractivity contribution in [3.8, 4) is 0 Å². The number of likely N-dealkylation sites (N-methyl/N-ethyl adjacent to an activating group) is 1. The van der Waals surface area contributed by atoms with Crippen LogP contribution >= 0.6 is 11.8 Å². The van der Waals surface area contributed by atoms with Gasteiger partial charge in [-0.2, -0.15) is 0 Å². The van der Waals surface area contributed by atoms with Gasteiger partial charge in [0.1, 0.15) is 5.54 Å². The molecule has 0 amide bonds. The fraction of sp³-hybridized carbons (Fsp3) is 0.588. The normalized spacial score (nSPS) is 25.1. The monoisotopic (exact) mass is 307 g/mol. The average molecular weight is 307 g/mol. The summed E-state index contributed by atoms with van der Waals surface area (Å²) in [5.41, 5.74) is 0.579. The third-order valence-electron chi connectivity index (χ3n) is 4.45. The van der Waals surface area contributed by atoms with E-state index < -0.39 is 11.5 Å². The summed E-state index contributed by atoms with van der Waals surface area (Å²) < 4.78 is 0. The summed E-state index contributed by atoms with van der Waals surface area (Å²) in [5, 5.41) is 12.9. The van der Waals surface area contributed by atoms with Gasteiger partial charge >= 0.3 is 5.97 Å². The van der Waals surface area contributed by atoms with Crippen molar-refractivity contribution >= 4 is 17.7 Å². The number of hydrogen-bond acceptors (Lipinski definition) is 3. The van der Waals surface area contributed by atoms with Crippen LogP contribution in [0.25, 0.3) is 0 Å². The number of thioether (sulfide) groups is 1. The highest BCUT2D eigenvalue weighted by Gasteiger charge is 2.48. The maximum atomic E-state index is 11.7. The van der Waals surface area contributed by atoms with Gasteiger partial charge in [0.2, 0.25) is 0 Å². The lowest BCUT2D eigenvalue weighted by atomic mass is 9.85. The molecule has 2 unspecified atom stereocenters. The molecule has 0 heterocycles. The Kier molecular flexibility index (Phi) is 5.71. The number of benzene rings is 1. The largest absolute Gasteiger partial charge is 0.480 e. The van der Waals surface area contributed by atoms with Gasteiger partial charge in [-0.15, -0.1) is 11.8 Å². The molecular formula is C17H25NO2S. The summed E-state index contributed by atoms with van der Waals surface area (Å²) in [6.07, 6.45) is 3.75. The molecule has 1 aromatic rings. The zero-order valence-electron chi connectivity index (χ0n) is 12.9. The quantitative estimate of drug-likeness (QED) is 0.754. The van der Waals surface area contributed by atoms with Crippen molar-refractivity contribution in [2.75, 3.05) is 12.3 Å². The van der Waals surface area contributed by atoms with E-state index >= 15 is 0 Å². The molecule has 2 rings (SSSR count). The van der Waals surface area contributed by atoms with E-state index in [1.165, 1.54) is 10.5 Å². The molecule has 0 spiro atoms. The van der Waals surface area contributed by atoms with Crippen LogP contribution in [0.15, 0.2) is 29.2 Å². The first-order chi connectivity index (χ1) is 10.1. The van der Waals surface area contributed by atoms with Crippen LogP contribution in [-0.4, -0.2) is 28.9 Å². The van der Waals surface area contributed by atoms with Crippen LogP contribution in [-0.2, 0) is 4.79 Å². The van der Waals surface area contributed by atoms with Crippen LogP contribution < -0.4 is 5.32 Å². The lowest BCUT2D eigenvalue weighted by Crippen LogP contribution is -2.54. The van der Waals surface area contributed by atoms with Crippen molar-refractivity contribution in [3.63, 3.8) is 0 Å². The Morgan fingerprint density at radius 1 is 1.43 bits per heavy atom. The minimum absolute atomic E-state index is 0.243. The van der Waals surface area contributed by atoms with Crippen molar-refractivity contribution in [3.05, 3.63) is 29.8 Å². The summed E-state index contributed by atoms with van der Waals surface area (Å²) in [5.74, 6) is 0.550. The van der Waals surface area contributed by atoms with Crippen molar-refractivity contribution in [1.29, 1.82) is 0 Å². The van der Waals surface area contributed by atoms with Crippen LogP contribution in [0.5, 0.6) is 0 Å². The third kappa shape index (κ3) is 3.80. The van der Waals surface area contributed by atoms with Gasteiger partial charge in [0, 0.05) is 4.90 Å². The molecule has 0 radical (unpaired) electrons. The SMILES string of the molecule is CCNC1(C(=O)O)CCCC1CCSc1ccc(C)cc1. The van der Waals surface area contributed by atoms with Crippen LogP contribution in [0, 0.1) is 12.8 Å². The van der Waals surface area contributed by atoms with Gasteiger partial charge in [-0.1, -0.05) is 31.0 Å². The lowest BCUT2D eigenvalue weighted by Gasteiger charge is -2.32. The molecular weight excluding hydrogens is 282 g/mol. The maximum Gasteiger partial charge on any atom is 0.324 e. The Balaban J connectivity index is 1.92. The van der Waals surface area contributed by atoms with Gasteiger partial charge in [0.25, 0.3) is 0 Å². The second-order valence-corrected chi connectivity index (χ2v) is 7.01. The number of nitrogens with one attached hydrogen (secondary N) is 1. The summed E-state index contributed by atoms with van der Waals surface area (Å²) in [4.78, 5) is 13.0. The van der Waals surface area contributed by atoms with E-state index in [4.69, 9.17) is 0 Å². The molecule has 0 bridgehead atoms. The fourth-order valence-corrected chi connectivity index (χ4v) is 4.29. The number of aliphatic carboxylic acids is 1. The zero-order valence-corrected chi connectivity index (χ0v) is 13.7. The van der Waals surface area contributed by atoms with Gasteiger partial charge in [0.05, 0.1) is 0 Å². The molecule has 0 saturated heterocycles. The zero-order chi connectivity index (χ0) is 15.3. The molecule has 116 valence electrons. The molecule has 2 N–H and O–H groups in total. The van der Waals surface area contributed by atoms with Crippen molar-refractivity contribution in [2.45, 2.75) is 50.0 Å². The Hall–Kier alpha value is -1.00. The minimum Gasteiger partial charge on any atom is -0.480 e. The van der Waals surface area contributed by atoms with Crippen LogP contribution in [0.1, 0.15) is 38.2 Å². The van der Waals surface area contributed by atoms with E-state index in [-0.39, 0.29) is 5.92 Å². The highest BCUT2D eigenvalue weighted by atomic mass is 32.2. The third-order valence-corrected chi connectivity index (χ3v) is 5.50. The van der Waals surface area contributed by atoms with Crippen molar-refractivity contribution in [2.24, 2.45) is 5.92 Å². The molecule has 21 heavy (non-hydrogen) atoms. The summed E-state index contributed by atoms with van der Waals surface area (Å²) in [7, 11) is 0. The van der Waals surface area contributed by atoms with Gasteiger partial charge < -0.3 is 10.4 Å². The maximum absolute atomic E-state index is 11.7. The van der Waals surface area contributed by atoms with Crippen LogP contribution in [0.4, 0.5) is 0 Å². The highest BCUT2D eigenvalue weighted by Crippen LogP contribution is 2.39. The van der Waals surface area contributed by atoms with Gasteiger partial charge in [-0.25, -0.2) is 0 Å². The Morgan fingerprint density at radius 3 is 2.76 bits per heavy atom. The van der Waals surface area contributed by atoms with Crippen LogP contribution in [0.3, 0.4) is 0 Å². The van der Waals surface area contributed by atoms with E-state index in [2.05, 4.69) is 36.5 Å². The number of carboxylic acids is 1. The molecule has 1 aliphatic rings. The molecule has 3 nitrogen and oxygen atoms in total. The summed E-state index contributed by atoms with van der Waals surface area (Å²) in [6.45, 7) is 4.79. The predicted octanol–water partition coefficient (Wildman–Crippen LogP) is 3.71. The number of carbonyl (C=O) groups is 1. The molecule has 0 aliphatic heterocycles. The molecule has 1 aromatic carbocycles. The standard InChI is InChI=1S/C17H25NO2S/c1-3-18-17(16(19)20)11-4-5-14(17)10-12-21-15-8-6-13(2)7-9-15/h6-9,14,18H,3-5,10-12H2,1-2H3,(H,19,20). The summed E-state index contributed by atoms with van der Waals surface area (Å²) >= 11 is 1.83. The topological polar surface area (TPSA) is 49.3 Å². The highest BCUT2D eigenvalue weighted by molar-refractivity contribution is 7.99. The molecule has 0 aromatic heterocycles. The first-order valence-corrected chi connectivity index (χ1v) is 8.75. The number of aryl methyl sites for hydroxylation is 1.